The first-order valence-electron chi connectivity index (χ1n) is 8.57. The Labute approximate surface area is 178 Å². The Bertz CT molecular complexity index is 694. The first-order chi connectivity index (χ1) is 12.2. The summed E-state index contributed by atoms with van der Waals surface area (Å²) >= 11 is 6.19. The van der Waals surface area contributed by atoms with Gasteiger partial charge in [0, 0.05) is 31.8 Å². The summed E-state index contributed by atoms with van der Waals surface area (Å²) in [5.74, 6) is 0.776. The Morgan fingerprint density at radius 1 is 1.00 bits per heavy atom. The molecule has 26 heavy (non-hydrogen) atoms. The van der Waals surface area contributed by atoms with Crippen LogP contribution in [0.2, 0.25) is 5.02 Å². The number of nitrogens with one attached hydrogen (secondary N) is 2. The lowest BCUT2D eigenvalue weighted by Crippen LogP contribution is -2.38. The zero-order valence-electron chi connectivity index (χ0n) is 15.3. The van der Waals surface area contributed by atoms with Gasteiger partial charge >= 0.3 is 0 Å². The number of aliphatic imine (C=N–C) groups is 1. The Balaban J connectivity index is 0.00000338. The van der Waals surface area contributed by atoms with Gasteiger partial charge in [-0.3, -0.25) is 4.99 Å². The molecule has 2 aromatic carbocycles. The van der Waals surface area contributed by atoms with Crippen LogP contribution in [-0.2, 0) is 24.3 Å². The van der Waals surface area contributed by atoms with E-state index in [-0.39, 0.29) is 24.0 Å². The molecule has 0 spiro atoms. The highest BCUT2D eigenvalue weighted by molar-refractivity contribution is 14.0. The fraction of sp³-hybridized carbons (Fsp3) is 0.350. The molecule has 2 aromatic rings. The van der Waals surface area contributed by atoms with E-state index in [0.29, 0.717) is 19.8 Å². The van der Waals surface area contributed by atoms with Crippen molar-refractivity contribution in [2.75, 3.05) is 20.2 Å². The van der Waals surface area contributed by atoms with Gasteiger partial charge in [0.2, 0.25) is 0 Å². The van der Waals surface area contributed by atoms with Gasteiger partial charge in [-0.05, 0) is 36.1 Å². The maximum atomic E-state index is 6.19. The molecule has 0 heterocycles. The van der Waals surface area contributed by atoms with Crippen LogP contribution in [0.4, 0.5) is 0 Å². The molecule has 0 radical (unpaired) electrons. The summed E-state index contributed by atoms with van der Waals surface area (Å²) in [6.45, 7) is 4.82. The molecule has 0 aliphatic heterocycles. The highest BCUT2D eigenvalue weighted by atomic mass is 127. The second kappa shape index (κ2) is 12.9. The minimum atomic E-state index is 0. The standard InChI is InChI=1S/C20H26ClN3O.HI/c1-3-25-15-18-10-5-4-9-17(18)14-24-20(22-2)23-13-12-16-8-6-7-11-19(16)21;/h4-11H,3,12-15H2,1-2H3,(H2,22,23,24);1H. The molecular formula is C20H27ClIN3O. The van der Waals surface area contributed by atoms with Gasteiger partial charge in [-0.1, -0.05) is 54.1 Å². The molecule has 0 atom stereocenters. The van der Waals surface area contributed by atoms with E-state index in [0.717, 1.165) is 29.5 Å². The first-order valence-corrected chi connectivity index (χ1v) is 8.94. The van der Waals surface area contributed by atoms with Gasteiger partial charge in [0.05, 0.1) is 6.61 Å². The molecule has 0 unspecified atom stereocenters. The number of guanidine groups is 1. The molecule has 0 saturated heterocycles. The van der Waals surface area contributed by atoms with Gasteiger partial charge in [0.25, 0.3) is 0 Å². The maximum absolute atomic E-state index is 6.19. The predicted octanol–water partition coefficient (Wildman–Crippen LogP) is 4.40. The van der Waals surface area contributed by atoms with Gasteiger partial charge in [-0.25, -0.2) is 0 Å². The van der Waals surface area contributed by atoms with E-state index in [1.807, 2.05) is 43.3 Å². The van der Waals surface area contributed by atoms with Crippen LogP contribution in [0, 0.1) is 0 Å². The van der Waals surface area contributed by atoms with Crippen LogP contribution in [0.25, 0.3) is 0 Å². The van der Waals surface area contributed by atoms with Crippen molar-refractivity contribution in [3.8, 4) is 0 Å². The Morgan fingerprint density at radius 3 is 2.31 bits per heavy atom. The van der Waals surface area contributed by atoms with Crippen molar-refractivity contribution in [1.82, 2.24) is 10.6 Å². The highest BCUT2D eigenvalue weighted by Crippen LogP contribution is 2.14. The average molecular weight is 488 g/mol. The molecule has 2 rings (SSSR count). The number of benzene rings is 2. The molecular weight excluding hydrogens is 461 g/mol. The van der Waals surface area contributed by atoms with Crippen molar-refractivity contribution < 1.29 is 4.74 Å². The van der Waals surface area contributed by atoms with Crippen molar-refractivity contribution in [2.45, 2.75) is 26.5 Å². The summed E-state index contributed by atoms with van der Waals surface area (Å²) < 4.78 is 5.53. The molecule has 0 aromatic heterocycles. The molecule has 2 N–H and O–H groups in total. The molecule has 4 nitrogen and oxygen atoms in total. The summed E-state index contributed by atoms with van der Waals surface area (Å²) in [4.78, 5) is 4.28. The second-order valence-electron chi connectivity index (χ2n) is 5.60. The predicted molar refractivity (Wildman–Crippen MR) is 121 cm³/mol. The van der Waals surface area contributed by atoms with E-state index < -0.39 is 0 Å². The van der Waals surface area contributed by atoms with Crippen LogP contribution in [0.5, 0.6) is 0 Å². The fourth-order valence-electron chi connectivity index (χ4n) is 2.50. The van der Waals surface area contributed by atoms with E-state index in [1.165, 1.54) is 11.1 Å². The third kappa shape index (κ3) is 7.51. The highest BCUT2D eigenvalue weighted by Gasteiger charge is 2.04. The minimum absolute atomic E-state index is 0. The van der Waals surface area contributed by atoms with Crippen LogP contribution in [0.1, 0.15) is 23.6 Å². The summed E-state index contributed by atoms with van der Waals surface area (Å²) in [5, 5.41) is 7.48. The monoisotopic (exact) mass is 487 g/mol. The van der Waals surface area contributed by atoms with Gasteiger partial charge in [0.15, 0.2) is 5.96 Å². The SMILES string of the molecule is CCOCc1ccccc1CNC(=NC)NCCc1ccccc1Cl.I. The van der Waals surface area contributed by atoms with Crippen LogP contribution >= 0.6 is 35.6 Å². The third-order valence-corrected chi connectivity index (χ3v) is 4.26. The van der Waals surface area contributed by atoms with Gasteiger partial charge in [0.1, 0.15) is 0 Å². The normalized spacial score (nSPS) is 11.0. The van der Waals surface area contributed by atoms with Crippen molar-refractivity contribution in [2.24, 2.45) is 4.99 Å². The summed E-state index contributed by atoms with van der Waals surface area (Å²) in [6, 6.07) is 16.2. The quantitative estimate of drug-likeness (QED) is 0.330. The van der Waals surface area contributed by atoms with Crippen molar-refractivity contribution >= 4 is 41.5 Å². The van der Waals surface area contributed by atoms with E-state index >= 15 is 0 Å². The number of hydrogen-bond donors (Lipinski definition) is 2. The van der Waals surface area contributed by atoms with Crippen LogP contribution in [0.15, 0.2) is 53.5 Å². The molecule has 0 bridgehead atoms. The summed E-state index contributed by atoms with van der Waals surface area (Å²) in [5.41, 5.74) is 3.54. The van der Waals surface area contributed by atoms with Crippen LogP contribution in [-0.4, -0.2) is 26.2 Å². The number of ether oxygens (including phenoxy) is 1. The number of halogens is 2. The smallest absolute Gasteiger partial charge is 0.191 e. The molecule has 0 aliphatic carbocycles. The summed E-state index contributed by atoms with van der Waals surface area (Å²) in [6.07, 6.45) is 0.849. The third-order valence-electron chi connectivity index (χ3n) is 3.89. The Morgan fingerprint density at radius 2 is 1.65 bits per heavy atom. The van der Waals surface area contributed by atoms with E-state index in [1.54, 1.807) is 7.05 Å². The van der Waals surface area contributed by atoms with Crippen LogP contribution < -0.4 is 10.6 Å². The molecule has 0 fully saturated rings. The molecule has 0 aliphatic rings. The Kier molecular flexibility index (Phi) is 11.3. The number of rotatable bonds is 8. The molecule has 6 heteroatoms. The minimum Gasteiger partial charge on any atom is -0.377 e. The number of nitrogens with zero attached hydrogens (tertiary/aromatic N) is 1. The molecule has 0 saturated carbocycles. The molecule has 142 valence electrons. The Hall–Kier alpha value is -1.31. The lowest BCUT2D eigenvalue weighted by atomic mass is 10.1. The first kappa shape index (κ1) is 22.7. The lowest BCUT2D eigenvalue weighted by molar-refractivity contribution is 0.133. The zero-order valence-corrected chi connectivity index (χ0v) is 18.4. The number of hydrogen-bond acceptors (Lipinski definition) is 2. The lowest BCUT2D eigenvalue weighted by Gasteiger charge is -2.14. The maximum Gasteiger partial charge on any atom is 0.191 e. The average Bonchev–Trinajstić information content (AvgIpc) is 2.65. The van der Waals surface area contributed by atoms with E-state index in [4.69, 9.17) is 16.3 Å². The zero-order chi connectivity index (χ0) is 17.9. The molecule has 0 amide bonds. The van der Waals surface area contributed by atoms with Gasteiger partial charge < -0.3 is 15.4 Å². The summed E-state index contributed by atoms with van der Waals surface area (Å²) in [7, 11) is 1.77. The largest absolute Gasteiger partial charge is 0.377 e. The van der Waals surface area contributed by atoms with Crippen molar-refractivity contribution in [1.29, 1.82) is 0 Å². The van der Waals surface area contributed by atoms with Crippen molar-refractivity contribution in [3.05, 3.63) is 70.2 Å². The van der Waals surface area contributed by atoms with E-state index in [9.17, 15) is 0 Å². The van der Waals surface area contributed by atoms with Crippen molar-refractivity contribution in [3.63, 3.8) is 0 Å². The van der Waals surface area contributed by atoms with Crippen LogP contribution in [0.3, 0.4) is 0 Å². The van der Waals surface area contributed by atoms with E-state index in [2.05, 4.69) is 27.8 Å². The van der Waals surface area contributed by atoms with Gasteiger partial charge in [-0.2, -0.15) is 0 Å². The van der Waals surface area contributed by atoms with Gasteiger partial charge in [-0.15, -0.1) is 24.0 Å². The topological polar surface area (TPSA) is 45.6 Å². The fourth-order valence-corrected chi connectivity index (χ4v) is 2.73. The second-order valence-corrected chi connectivity index (χ2v) is 6.01.